The molecule has 3 rings (SSSR count). The van der Waals surface area contributed by atoms with E-state index in [0.717, 1.165) is 17.9 Å². The van der Waals surface area contributed by atoms with Gasteiger partial charge in [-0.1, -0.05) is 31.2 Å². The first-order valence-corrected chi connectivity index (χ1v) is 5.53. The molecule has 0 radical (unpaired) electrons. The molecule has 2 aromatic rings. The van der Waals surface area contributed by atoms with Crippen LogP contribution in [0.3, 0.4) is 0 Å². The molecule has 0 aromatic heterocycles. The van der Waals surface area contributed by atoms with Gasteiger partial charge in [-0.25, -0.2) is 0 Å². The van der Waals surface area contributed by atoms with Crippen LogP contribution in [0.4, 0.5) is 0 Å². The van der Waals surface area contributed by atoms with Crippen LogP contribution in [-0.2, 0) is 6.42 Å². The third kappa shape index (κ3) is 0.947. The largest absolute Gasteiger partial charge is 0.448 e. The molecule has 14 heavy (non-hydrogen) atoms. The van der Waals surface area contributed by atoms with Crippen LogP contribution in [0.25, 0.3) is 10.8 Å². The molecule has 1 heterocycles. The van der Waals surface area contributed by atoms with Crippen LogP contribution in [-0.4, -0.2) is 0 Å². The standard InChI is InChI=1S/C12H9BrO/c1-2-7-10(13)8-5-3-4-6-9(8)12-11(7)14-12/h3-6H,2H2,1H3. The molecule has 1 nitrogen and oxygen atoms in total. The van der Waals surface area contributed by atoms with Gasteiger partial charge in [-0.3, -0.25) is 0 Å². The van der Waals surface area contributed by atoms with Crippen molar-refractivity contribution < 1.29 is 4.74 Å². The Bertz CT molecular complexity index is 531. The highest BCUT2D eigenvalue weighted by atomic mass is 79.9. The minimum Gasteiger partial charge on any atom is -0.448 e. The van der Waals surface area contributed by atoms with Crippen LogP contribution < -0.4 is 4.74 Å². The van der Waals surface area contributed by atoms with E-state index in [1.165, 1.54) is 20.8 Å². The van der Waals surface area contributed by atoms with Crippen LogP contribution >= 0.6 is 15.9 Å². The first-order valence-electron chi connectivity index (χ1n) is 4.74. The number of ether oxygens (including phenoxy) is 1. The normalized spacial score (nSPS) is 12.4. The molecule has 1 aliphatic rings. The van der Waals surface area contributed by atoms with Crippen LogP contribution in [0, 0.1) is 0 Å². The van der Waals surface area contributed by atoms with Crippen LogP contribution in [0.15, 0.2) is 28.7 Å². The Morgan fingerprint density at radius 1 is 1.14 bits per heavy atom. The minimum atomic E-state index is 1.01. The molecule has 0 unspecified atom stereocenters. The summed E-state index contributed by atoms with van der Waals surface area (Å²) >= 11 is 3.65. The van der Waals surface area contributed by atoms with Gasteiger partial charge in [-0.15, -0.1) is 0 Å². The summed E-state index contributed by atoms with van der Waals surface area (Å²) in [5.41, 5.74) is 1.29. The van der Waals surface area contributed by atoms with E-state index in [2.05, 4.69) is 41.1 Å². The molecule has 0 atom stereocenters. The second-order valence-corrected chi connectivity index (χ2v) is 4.24. The van der Waals surface area contributed by atoms with Crippen molar-refractivity contribution in [2.24, 2.45) is 0 Å². The van der Waals surface area contributed by atoms with Crippen molar-refractivity contribution >= 4 is 26.7 Å². The Morgan fingerprint density at radius 2 is 1.86 bits per heavy atom. The average molecular weight is 249 g/mol. The SMILES string of the molecule is CCc1c2c(c3ccccc3c1Br)O2. The van der Waals surface area contributed by atoms with E-state index in [0.29, 0.717) is 0 Å². The van der Waals surface area contributed by atoms with Crippen molar-refractivity contribution in [3.63, 3.8) is 0 Å². The molecule has 70 valence electrons. The highest BCUT2D eigenvalue weighted by Crippen LogP contribution is 2.56. The molecule has 2 heteroatoms. The lowest BCUT2D eigenvalue weighted by atomic mass is 10.1. The van der Waals surface area contributed by atoms with Crippen molar-refractivity contribution in [2.75, 3.05) is 0 Å². The van der Waals surface area contributed by atoms with Crippen molar-refractivity contribution in [2.45, 2.75) is 13.3 Å². The van der Waals surface area contributed by atoms with Crippen LogP contribution in [0.5, 0.6) is 11.5 Å². The fourth-order valence-electron chi connectivity index (χ4n) is 1.90. The smallest absolute Gasteiger partial charge is 0.178 e. The maximum absolute atomic E-state index is 5.52. The first kappa shape index (κ1) is 8.30. The Kier molecular flexibility index (Phi) is 1.62. The molecule has 2 aromatic carbocycles. The van der Waals surface area contributed by atoms with E-state index in [-0.39, 0.29) is 0 Å². The molecular formula is C12H9BrO. The predicted octanol–water partition coefficient (Wildman–Crippen LogP) is 4.27. The summed E-state index contributed by atoms with van der Waals surface area (Å²) in [6.07, 6.45) is 1.01. The van der Waals surface area contributed by atoms with Gasteiger partial charge < -0.3 is 4.74 Å². The van der Waals surface area contributed by atoms with E-state index >= 15 is 0 Å². The first-order chi connectivity index (χ1) is 6.83. The van der Waals surface area contributed by atoms with Crippen molar-refractivity contribution in [1.29, 1.82) is 0 Å². The fourth-order valence-corrected chi connectivity index (χ4v) is 2.71. The third-order valence-corrected chi connectivity index (χ3v) is 3.58. The van der Waals surface area contributed by atoms with Gasteiger partial charge in [0.05, 0.1) is 0 Å². The van der Waals surface area contributed by atoms with Gasteiger partial charge in [0.2, 0.25) is 0 Å². The Morgan fingerprint density at radius 3 is 2.57 bits per heavy atom. The van der Waals surface area contributed by atoms with E-state index in [9.17, 15) is 0 Å². The van der Waals surface area contributed by atoms with Gasteiger partial charge in [-0.05, 0) is 22.4 Å². The molecule has 0 fully saturated rings. The van der Waals surface area contributed by atoms with Gasteiger partial charge >= 0.3 is 0 Å². The van der Waals surface area contributed by atoms with Crippen molar-refractivity contribution in [3.05, 3.63) is 34.3 Å². The van der Waals surface area contributed by atoms with Gasteiger partial charge in [0.1, 0.15) is 0 Å². The van der Waals surface area contributed by atoms with Gasteiger partial charge in [0.15, 0.2) is 11.5 Å². The zero-order valence-electron chi connectivity index (χ0n) is 7.80. The quantitative estimate of drug-likeness (QED) is 0.586. The molecule has 0 aliphatic carbocycles. The number of rotatable bonds is 1. The van der Waals surface area contributed by atoms with Crippen molar-refractivity contribution in [3.8, 4) is 11.5 Å². The summed E-state index contributed by atoms with van der Waals surface area (Å²) in [4.78, 5) is 0. The summed E-state index contributed by atoms with van der Waals surface area (Å²) in [5.74, 6) is 2.15. The molecule has 1 aliphatic heterocycles. The zero-order chi connectivity index (χ0) is 9.71. The topological polar surface area (TPSA) is 12.5 Å². The summed E-state index contributed by atoms with van der Waals surface area (Å²) in [7, 11) is 0. The lowest BCUT2D eigenvalue weighted by molar-refractivity contribution is 0.647. The highest BCUT2D eigenvalue weighted by molar-refractivity contribution is 9.10. The number of halogens is 1. The lowest BCUT2D eigenvalue weighted by Gasteiger charge is -2.01. The number of benzene rings is 2. The molecule has 0 saturated heterocycles. The van der Waals surface area contributed by atoms with Gasteiger partial charge in [0, 0.05) is 20.8 Å². The monoisotopic (exact) mass is 248 g/mol. The van der Waals surface area contributed by atoms with Crippen molar-refractivity contribution in [1.82, 2.24) is 0 Å². The molecule has 0 saturated carbocycles. The average Bonchev–Trinajstić information content (AvgIpc) is 2.99. The second kappa shape index (κ2) is 2.74. The lowest BCUT2D eigenvalue weighted by Crippen LogP contribution is -1.79. The fraction of sp³-hybridized carbons (Fsp3) is 0.167. The molecule has 0 spiro atoms. The minimum absolute atomic E-state index is 1.01. The summed E-state index contributed by atoms with van der Waals surface area (Å²) in [6.45, 7) is 2.15. The zero-order valence-corrected chi connectivity index (χ0v) is 9.39. The summed E-state index contributed by atoms with van der Waals surface area (Å²) < 4.78 is 6.71. The van der Waals surface area contributed by atoms with E-state index in [4.69, 9.17) is 4.74 Å². The maximum Gasteiger partial charge on any atom is 0.178 e. The number of hydrogen-bond donors (Lipinski definition) is 0. The number of hydrogen-bond acceptors (Lipinski definition) is 1. The highest BCUT2D eigenvalue weighted by Gasteiger charge is 2.29. The summed E-state index contributed by atoms with van der Waals surface area (Å²) in [6, 6.07) is 8.33. The Balaban J connectivity index is 2.47. The molecular weight excluding hydrogens is 240 g/mol. The van der Waals surface area contributed by atoms with E-state index in [1.807, 2.05) is 6.07 Å². The second-order valence-electron chi connectivity index (χ2n) is 3.45. The Hall–Kier alpha value is -1.02. The predicted molar refractivity (Wildman–Crippen MR) is 61.1 cm³/mol. The third-order valence-electron chi connectivity index (χ3n) is 2.67. The van der Waals surface area contributed by atoms with E-state index < -0.39 is 0 Å². The maximum atomic E-state index is 5.52. The van der Waals surface area contributed by atoms with Crippen LogP contribution in [0.1, 0.15) is 12.5 Å². The number of fused-ring (bicyclic) bond motifs is 3. The molecule has 0 bridgehead atoms. The molecule has 0 amide bonds. The molecule has 0 N–H and O–H groups in total. The Labute approximate surface area is 90.8 Å². The summed E-state index contributed by atoms with van der Waals surface area (Å²) in [5, 5.41) is 2.46. The van der Waals surface area contributed by atoms with Gasteiger partial charge in [0.25, 0.3) is 0 Å². The van der Waals surface area contributed by atoms with Gasteiger partial charge in [-0.2, -0.15) is 0 Å². The van der Waals surface area contributed by atoms with Crippen LogP contribution in [0.2, 0.25) is 0 Å². The van der Waals surface area contributed by atoms with E-state index in [1.54, 1.807) is 0 Å².